The number of carboxylic acid groups (broad SMARTS) is 1. The van der Waals surface area contributed by atoms with Crippen molar-refractivity contribution in [1.29, 1.82) is 0 Å². The quantitative estimate of drug-likeness (QED) is 0.798. The molecule has 0 aliphatic rings. The molecular weight excluding hydrogens is 202 g/mol. The summed E-state index contributed by atoms with van der Waals surface area (Å²) in [7, 11) is 0. The Kier molecular flexibility index (Phi) is 8.17. The average molecular weight is 223 g/mol. The van der Waals surface area contributed by atoms with Crippen LogP contribution in [-0.4, -0.2) is 29.6 Å². The van der Waals surface area contributed by atoms with E-state index in [1.807, 2.05) is 0 Å². The summed E-state index contributed by atoms with van der Waals surface area (Å²) in [6.45, 7) is 8.67. The zero-order valence-corrected chi connectivity index (χ0v) is 10.3. The van der Waals surface area contributed by atoms with E-state index >= 15 is 0 Å². The lowest BCUT2D eigenvalue weighted by Gasteiger charge is -2.26. The average Bonchev–Trinajstić information content (AvgIpc) is 2.32. The minimum atomic E-state index is -0.250. The van der Waals surface area contributed by atoms with Crippen LogP contribution in [0.2, 0.25) is 0 Å². The van der Waals surface area contributed by atoms with Gasteiger partial charge in [-0.1, -0.05) is 44.2 Å². The van der Waals surface area contributed by atoms with Crippen molar-refractivity contribution in [2.24, 2.45) is 0 Å². The predicted octanol–water partition coefficient (Wildman–Crippen LogP) is 2.79. The molecule has 0 aliphatic heterocycles. The first-order chi connectivity index (χ1) is 7.71. The minimum absolute atomic E-state index is 0.250. The molecule has 3 nitrogen and oxygen atoms in total. The topological polar surface area (TPSA) is 40.5 Å². The van der Waals surface area contributed by atoms with Crippen LogP contribution < -0.4 is 0 Å². The molecule has 0 aliphatic carbocycles. The van der Waals surface area contributed by atoms with Gasteiger partial charge in [-0.05, 0) is 25.6 Å². The van der Waals surface area contributed by atoms with Gasteiger partial charge in [0.1, 0.15) is 0 Å². The molecular formula is C13H21NO2. The number of nitrogens with zero attached hydrogens (tertiary/aromatic N) is 1. The van der Waals surface area contributed by atoms with Gasteiger partial charge in [-0.15, -0.1) is 0 Å². The molecule has 0 radical (unpaired) electrons. The molecule has 16 heavy (non-hydrogen) atoms. The molecule has 0 fully saturated rings. The molecule has 3 heteroatoms. The second-order valence-corrected chi connectivity index (χ2v) is 3.41. The van der Waals surface area contributed by atoms with Crippen LogP contribution in [0.25, 0.3) is 0 Å². The molecule has 1 N–H and O–H groups in total. The number of carbonyl (C=O) groups is 1. The van der Waals surface area contributed by atoms with E-state index in [0.717, 1.165) is 13.1 Å². The second kappa shape index (κ2) is 8.92. The fourth-order valence-corrected chi connectivity index (χ4v) is 1.71. The van der Waals surface area contributed by atoms with Gasteiger partial charge in [0.2, 0.25) is 0 Å². The third-order valence-corrected chi connectivity index (χ3v) is 2.64. The molecule has 1 aromatic carbocycles. The van der Waals surface area contributed by atoms with E-state index in [2.05, 4.69) is 56.0 Å². The zero-order valence-electron chi connectivity index (χ0n) is 10.3. The fraction of sp³-hybridized carbons (Fsp3) is 0.462. The first-order valence-corrected chi connectivity index (χ1v) is 5.58. The van der Waals surface area contributed by atoms with Gasteiger partial charge in [-0.3, -0.25) is 9.69 Å². The van der Waals surface area contributed by atoms with Crippen molar-refractivity contribution in [3.8, 4) is 0 Å². The largest absolute Gasteiger partial charge is 0.483 e. The maximum Gasteiger partial charge on any atom is 0.290 e. The summed E-state index contributed by atoms with van der Waals surface area (Å²) in [5.41, 5.74) is 1.41. The maximum atomic E-state index is 8.36. The van der Waals surface area contributed by atoms with Gasteiger partial charge < -0.3 is 5.11 Å². The van der Waals surface area contributed by atoms with Gasteiger partial charge in [0.05, 0.1) is 0 Å². The molecule has 1 rings (SSSR count). The summed E-state index contributed by atoms with van der Waals surface area (Å²) in [5.74, 6) is 0. The van der Waals surface area contributed by atoms with Crippen LogP contribution in [-0.2, 0) is 4.79 Å². The SMILES string of the molecule is CCN(CC)C(C)c1ccccc1.O=CO. The summed E-state index contributed by atoms with van der Waals surface area (Å²) in [4.78, 5) is 10.8. The molecule has 0 saturated heterocycles. The van der Waals surface area contributed by atoms with Crippen LogP contribution in [0.1, 0.15) is 32.4 Å². The Morgan fingerprint density at radius 3 is 2.06 bits per heavy atom. The summed E-state index contributed by atoms with van der Waals surface area (Å²) in [6.07, 6.45) is 0. The van der Waals surface area contributed by atoms with Crippen LogP contribution in [0.5, 0.6) is 0 Å². The van der Waals surface area contributed by atoms with Crippen molar-refractivity contribution in [1.82, 2.24) is 4.90 Å². The molecule has 1 unspecified atom stereocenters. The lowest BCUT2D eigenvalue weighted by molar-refractivity contribution is -0.122. The van der Waals surface area contributed by atoms with Crippen LogP contribution in [0.3, 0.4) is 0 Å². The smallest absolute Gasteiger partial charge is 0.290 e. The van der Waals surface area contributed by atoms with E-state index in [1.54, 1.807) is 0 Å². The van der Waals surface area contributed by atoms with E-state index in [-0.39, 0.29) is 6.47 Å². The summed E-state index contributed by atoms with van der Waals surface area (Å²) in [6, 6.07) is 11.2. The van der Waals surface area contributed by atoms with Crippen LogP contribution >= 0.6 is 0 Å². The monoisotopic (exact) mass is 223 g/mol. The first kappa shape index (κ1) is 14.6. The molecule has 0 spiro atoms. The standard InChI is InChI=1S/C12H19N.CH2O2/c1-4-13(5-2)11(3)12-9-7-6-8-10-12;2-1-3/h6-11H,4-5H2,1-3H3;1H,(H,2,3). The van der Waals surface area contributed by atoms with E-state index in [9.17, 15) is 0 Å². The Hall–Kier alpha value is -1.35. The Morgan fingerprint density at radius 2 is 1.69 bits per heavy atom. The van der Waals surface area contributed by atoms with Crippen molar-refractivity contribution < 1.29 is 9.90 Å². The Bertz CT molecular complexity index is 271. The predicted molar refractivity (Wildman–Crippen MR) is 66.5 cm³/mol. The number of hydrogen-bond acceptors (Lipinski definition) is 2. The highest BCUT2D eigenvalue weighted by atomic mass is 16.3. The highest BCUT2D eigenvalue weighted by Gasteiger charge is 2.10. The maximum absolute atomic E-state index is 8.36. The summed E-state index contributed by atoms with van der Waals surface area (Å²) in [5, 5.41) is 6.89. The van der Waals surface area contributed by atoms with Crippen LogP contribution in [0.15, 0.2) is 30.3 Å². The molecule has 0 amide bonds. The lowest BCUT2D eigenvalue weighted by atomic mass is 10.1. The minimum Gasteiger partial charge on any atom is -0.483 e. The van der Waals surface area contributed by atoms with Crippen molar-refractivity contribution >= 4 is 6.47 Å². The second-order valence-electron chi connectivity index (χ2n) is 3.41. The van der Waals surface area contributed by atoms with Crippen LogP contribution in [0, 0.1) is 0 Å². The van der Waals surface area contributed by atoms with Gasteiger partial charge in [0.15, 0.2) is 0 Å². The normalized spacial score (nSPS) is 11.5. The number of rotatable bonds is 4. The molecule has 1 atom stereocenters. The van der Waals surface area contributed by atoms with Gasteiger partial charge >= 0.3 is 0 Å². The zero-order chi connectivity index (χ0) is 12.4. The van der Waals surface area contributed by atoms with Gasteiger partial charge in [0.25, 0.3) is 6.47 Å². The van der Waals surface area contributed by atoms with Gasteiger partial charge in [-0.25, -0.2) is 0 Å². The van der Waals surface area contributed by atoms with Crippen LogP contribution in [0.4, 0.5) is 0 Å². The highest BCUT2D eigenvalue weighted by Crippen LogP contribution is 2.18. The van der Waals surface area contributed by atoms with E-state index in [1.165, 1.54) is 5.56 Å². The van der Waals surface area contributed by atoms with Gasteiger partial charge in [0, 0.05) is 6.04 Å². The highest BCUT2D eigenvalue weighted by molar-refractivity contribution is 5.32. The molecule has 90 valence electrons. The molecule has 0 saturated carbocycles. The third-order valence-electron chi connectivity index (χ3n) is 2.64. The molecule has 0 bridgehead atoms. The number of benzene rings is 1. The van der Waals surface area contributed by atoms with Crippen molar-refractivity contribution in [2.45, 2.75) is 26.8 Å². The molecule has 0 heterocycles. The van der Waals surface area contributed by atoms with E-state index < -0.39 is 0 Å². The Morgan fingerprint density at radius 1 is 1.25 bits per heavy atom. The fourth-order valence-electron chi connectivity index (χ4n) is 1.71. The van der Waals surface area contributed by atoms with E-state index in [0.29, 0.717) is 6.04 Å². The van der Waals surface area contributed by atoms with E-state index in [4.69, 9.17) is 9.90 Å². The number of hydrogen-bond donors (Lipinski definition) is 1. The van der Waals surface area contributed by atoms with Crippen molar-refractivity contribution in [3.63, 3.8) is 0 Å². The van der Waals surface area contributed by atoms with Crippen molar-refractivity contribution in [3.05, 3.63) is 35.9 Å². The Labute approximate surface area is 97.7 Å². The third kappa shape index (κ3) is 4.94. The van der Waals surface area contributed by atoms with Crippen molar-refractivity contribution in [2.75, 3.05) is 13.1 Å². The summed E-state index contributed by atoms with van der Waals surface area (Å²) >= 11 is 0. The summed E-state index contributed by atoms with van der Waals surface area (Å²) < 4.78 is 0. The lowest BCUT2D eigenvalue weighted by Crippen LogP contribution is -2.26. The molecule has 1 aromatic rings. The first-order valence-electron chi connectivity index (χ1n) is 5.58. The Balaban J connectivity index is 0.000000673. The molecule has 0 aromatic heterocycles. The van der Waals surface area contributed by atoms with Gasteiger partial charge in [-0.2, -0.15) is 0 Å².